The zero-order valence-corrected chi connectivity index (χ0v) is 19.3. The van der Waals surface area contributed by atoms with Gasteiger partial charge in [-0.2, -0.15) is 0 Å². The molecule has 8 heteroatoms. The first-order valence-electron chi connectivity index (χ1n) is 11.5. The average molecular weight is 436 g/mol. The molecule has 1 aromatic heterocycles. The van der Waals surface area contributed by atoms with Crippen molar-refractivity contribution >= 4 is 17.7 Å². The summed E-state index contributed by atoms with van der Waals surface area (Å²) in [5, 5.41) is 4.31. The van der Waals surface area contributed by atoms with Crippen LogP contribution in [0, 0.1) is 11.3 Å². The number of imidazole rings is 1. The highest BCUT2D eigenvalue weighted by atomic mass is 32.2. The topological polar surface area (TPSA) is 62.6 Å². The third-order valence-electron chi connectivity index (χ3n) is 7.42. The van der Waals surface area contributed by atoms with Crippen molar-refractivity contribution in [1.29, 1.82) is 0 Å². The summed E-state index contributed by atoms with van der Waals surface area (Å²) in [4.78, 5) is 23.0. The van der Waals surface area contributed by atoms with Gasteiger partial charge in [0, 0.05) is 57.4 Å². The minimum atomic E-state index is -0.217. The maximum absolute atomic E-state index is 13.5. The van der Waals surface area contributed by atoms with E-state index in [2.05, 4.69) is 27.0 Å². The van der Waals surface area contributed by atoms with Crippen molar-refractivity contribution in [3.05, 3.63) is 12.4 Å². The second kappa shape index (κ2) is 10.0. The number of hydrogen-bond donors (Lipinski definition) is 1. The number of nitrogens with one attached hydrogen (secondary N) is 1. The molecule has 168 valence electrons. The number of morpholine rings is 1. The summed E-state index contributed by atoms with van der Waals surface area (Å²) in [7, 11) is 2.01. The van der Waals surface area contributed by atoms with Gasteiger partial charge >= 0.3 is 0 Å². The minimum Gasteiger partial charge on any atom is -0.379 e. The SMILES string of the molecule is CCN1CC[C@@H]2C[C@@H](N3CCOCC3)CC[C@@]2(C(=O)NCCSc2nccn2C)C1. The Kier molecular flexibility index (Phi) is 7.39. The average Bonchev–Trinajstić information content (AvgIpc) is 3.20. The maximum Gasteiger partial charge on any atom is 0.227 e. The number of amides is 1. The van der Waals surface area contributed by atoms with Gasteiger partial charge in [0.25, 0.3) is 0 Å². The van der Waals surface area contributed by atoms with Crippen molar-refractivity contribution in [2.75, 3.05) is 58.2 Å². The summed E-state index contributed by atoms with van der Waals surface area (Å²) in [5.74, 6) is 1.63. The van der Waals surface area contributed by atoms with Crippen LogP contribution >= 0.6 is 11.8 Å². The number of hydrogen-bond acceptors (Lipinski definition) is 6. The Morgan fingerprint density at radius 3 is 2.90 bits per heavy atom. The number of thioether (sulfide) groups is 1. The van der Waals surface area contributed by atoms with E-state index in [1.54, 1.807) is 11.8 Å². The summed E-state index contributed by atoms with van der Waals surface area (Å²) in [6.07, 6.45) is 8.21. The van der Waals surface area contributed by atoms with E-state index in [0.717, 1.165) is 82.5 Å². The summed E-state index contributed by atoms with van der Waals surface area (Å²) >= 11 is 1.70. The number of nitrogens with zero attached hydrogens (tertiary/aromatic N) is 4. The Morgan fingerprint density at radius 1 is 1.33 bits per heavy atom. The van der Waals surface area contributed by atoms with E-state index in [4.69, 9.17) is 4.74 Å². The molecule has 0 spiro atoms. The van der Waals surface area contributed by atoms with Gasteiger partial charge in [0.05, 0.1) is 18.6 Å². The van der Waals surface area contributed by atoms with Gasteiger partial charge in [0.2, 0.25) is 5.91 Å². The molecule has 0 aromatic carbocycles. The second-order valence-corrected chi connectivity index (χ2v) is 10.1. The Balaban J connectivity index is 1.37. The van der Waals surface area contributed by atoms with Crippen LogP contribution in [-0.2, 0) is 16.6 Å². The van der Waals surface area contributed by atoms with Gasteiger partial charge in [-0.15, -0.1) is 0 Å². The van der Waals surface area contributed by atoms with Crippen molar-refractivity contribution in [3.8, 4) is 0 Å². The van der Waals surface area contributed by atoms with Gasteiger partial charge in [0.1, 0.15) is 0 Å². The number of piperidine rings is 1. The van der Waals surface area contributed by atoms with Crippen LogP contribution in [0.3, 0.4) is 0 Å². The third-order valence-corrected chi connectivity index (χ3v) is 8.48. The molecule has 3 heterocycles. The molecule has 1 N–H and O–H groups in total. The molecule has 0 bridgehead atoms. The fraction of sp³-hybridized carbons (Fsp3) is 0.818. The first-order chi connectivity index (χ1) is 14.6. The van der Waals surface area contributed by atoms with E-state index in [-0.39, 0.29) is 11.3 Å². The molecule has 2 aliphatic heterocycles. The van der Waals surface area contributed by atoms with E-state index in [0.29, 0.717) is 18.5 Å². The Bertz CT molecular complexity index is 707. The highest BCUT2D eigenvalue weighted by molar-refractivity contribution is 7.99. The quantitative estimate of drug-likeness (QED) is 0.521. The van der Waals surface area contributed by atoms with E-state index < -0.39 is 0 Å². The van der Waals surface area contributed by atoms with Gasteiger partial charge < -0.3 is 19.5 Å². The number of likely N-dealkylation sites (tertiary alicyclic amines) is 1. The normalized spacial score (nSPS) is 30.7. The van der Waals surface area contributed by atoms with Gasteiger partial charge in [-0.25, -0.2) is 4.98 Å². The Labute approximate surface area is 184 Å². The maximum atomic E-state index is 13.5. The molecule has 0 radical (unpaired) electrons. The van der Waals surface area contributed by atoms with Crippen LogP contribution in [0.1, 0.15) is 32.6 Å². The number of ether oxygens (including phenoxy) is 1. The summed E-state index contributed by atoms with van der Waals surface area (Å²) in [6, 6.07) is 0.618. The van der Waals surface area contributed by atoms with Gasteiger partial charge in [0.15, 0.2) is 5.16 Å². The number of rotatable bonds is 7. The van der Waals surface area contributed by atoms with E-state index in [9.17, 15) is 4.79 Å². The van der Waals surface area contributed by atoms with Crippen molar-refractivity contribution in [1.82, 2.24) is 24.7 Å². The van der Waals surface area contributed by atoms with E-state index in [1.165, 1.54) is 0 Å². The van der Waals surface area contributed by atoms with Crippen molar-refractivity contribution < 1.29 is 9.53 Å². The molecule has 1 aliphatic carbocycles. The number of aromatic nitrogens is 2. The van der Waals surface area contributed by atoms with Crippen LogP contribution < -0.4 is 5.32 Å². The summed E-state index contributed by atoms with van der Waals surface area (Å²) in [6.45, 7) is 9.78. The molecule has 4 rings (SSSR count). The lowest BCUT2D eigenvalue weighted by Gasteiger charge is -2.53. The molecule has 2 saturated heterocycles. The fourth-order valence-corrected chi connectivity index (χ4v) is 6.39. The van der Waals surface area contributed by atoms with Crippen molar-refractivity contribution in [3.63, 3.8) is 0 Å². The molecule has 1 saturated carbocycles. The van der Waals surface area contributed by atoms with Crippen molar-refractivity contribution in [2.24, 2.45) is 18.4 Å². The molecule has 3 aliphatic rings. The largest absolute Gasteiger partial charge is 0.379 e. The molecule has 1 aromatic rings. The summed E-state index contributed by atoms with van der Waals surface area (Å²) < 4.78 is 7.57. The third kappa shape index (κ3) is 4.71. The predicted molar refractivity (Wildman–Crippen MR) is 120 cm³/mol. The lowest BCUT2D eigenvalue weighted by atomic mass is 9.61. The van der Waals surface area contributed by atoms with Crippen LogP contribution in [0.25, 0.3) is 0 Å². The van der Waals surface area contributed by atoms with Crippen LogP contribution in [0.5, 0.6) is 0 Å². The molecule has 30 heavy (non-hydrogen) atoms. The lowest BCUT2D eigenvalue weighted by molar-refractivity contribution is -0.144. The minimum absolute atomic E-state index is 0.217. The van der Waals surface area contributed by atoms with Gasteiger partial charge in [-0.3, -0.25) is 9.69 Å². The highest BCUT2D eigenvalue weighted by Gasteiger charge is 2.52. The van der Waals surface area contributed by atoms with Gasteiger partial charge in [-0.05, 0) is 44.7 Å². The second-order valence-electron chi connectivity index (χ2n) is 9.01. The van der Waals surface area contributed by atoms with E-state index in [1.807, 2.05) is 24.0 Å². The van der Waals surface area contributed by atoms with E-state index >= 15 is 0 Å². The van der Waals surface area contributed by atoms with Crippen LogP contribution in [0.15, 0.2) is 17.6 Å². The Hall–Kier alpha value is -1.09. The highest BCUT2D eigenvalue weighted by Crippen LogP contribution is 2.47. The first kappa shape index (κ1) is 22.1. The summed E-state index contributed by atoms with van der Waals surface area (Å²) in [5.41, 5.74) is -0.217. The number of carbonyl (C=O) groups is 1. The van der Waals surface area contributed by atoms with Crippen LogP contribution in [0.4, 0.5) is 0 Å². The van der Waals surface area contributed by atoms with Crippen LogP contribution in [-0.4, -0.2) is 89.5 Å². The van der Waals surface area contributed by atoms with Crippen LogP contribution in [0.2, 0.25) is 0 Å². The molecular formula is C22H37N5O2S. The molecule has 3 atom stereocenters. The molecule has 0 unspecified atom stereocenters. The first-order valence-corrected chi connectivity index (χ1v) is 12.5. The zero-order valence-electron chi connectivity index (χ0n) is 18.5. The lowest BCUT2D eigenvalue weighted by Crippen LogP contribution is -2.61. The Morgan fingerprint density at radius 2 is 2.17 bits per heavy atom. The molecular weight excluding hydrogens is 398 g/mol. The molecule has 1 amide bonds. The van der Waals surface area contributed by atoms with Gasteiger partial charge in [-0.1, -0.05) is 18.7 Å². The number of carbonyl (C=O) groups excluding carboxylic acids is 1. The number of aryl methyl sites for hydroxylation is 1. The number of fused-ring (bicyclic) bond motifs is 1. The fourth-order valence-electron chi connectivity index (χ4n) is 5.61. The monoisotopic (exact) mass is 435 g/mol. The standard InChI is InChI=1S/C22H37N5O2S/c1-3-26-9-5-18-16-19(27-11-13-29-14-12-27)4-6-22(18,17-26)20(28)23-8-15-30-21-24-7-10-25(21)2/h7,10,18-19H,3-6,8-9,11-17H2,1-2H3,(H,23,28)/t18-,19+,22-/m1/s1. The molecule has 3 fully saturated rings. The molecule has 7 nitrogen and oxygen atoms in total. The zero-order chi connectivity index (χ0) is 21.0. The smallest absolute Gasteiger partial charge is 0.227 e. The van der Waals surface area contributed by atoms with Crippen molar-refractivity contribution in [2.45, 2.75) is 43.8 Å². The predicted octanol–water partition coefficient (Wildman–Crippen LogP) is 1.84.